The second-order valence-electron chi connectivity index (χ2n) is 4.94. The number of carbonyl (C=O) groups excluding carboxylic acids is 1. The molecule has 1 unspecified atom stereocenters. The molecular weight excluding hydrogens is 266 g/mol. The fraction of sp³-hybridized carbons (Fsp3) is 0.400. The number of nitrogens with one attached hydrogen (secondary N) is 1. The fourth-order valence-electron chi connectivity index (χ4n) is 2.03. The summed E-state index contributed by atoms with van der Waals surface area (Å²) in [6, 6.07) is 9.59. The summed E-state index contributed by atoms with van der Waals surface area (Å²) in [5.41, 5.74) is 7.10. The molecule has 1 atom stereocenters. The molecule has 1 heterocycles. The second kappa shape index (κ2) is 8.16. The largest absolute Gasteiger partial charge is 0.355 e. The van der Waals surface area contributed by atoms with E-state index in [-0.39, 0.29) is 5.91 Å². The molecule has 1 aromatic carbocycles. The summed E-state index contributed by atoms with van der Waals surface area (Å²) in [5, 5.41) is 10.4. The van der Waals surface area contributed by atoms with E-state index in [0.29, 0.717) is 13.0 Å². The van der Waals surface area contributed by atoms with Crippen LogP contribution >= 0.6 is 0 Å². The number of benzene rings is 1. The van der Waals surface area contributed by atoms with Gasteiger partial charge in [0.1, 0.15) is 0 Å². The van der Waals surface area contributed by atoms with Crippen LogP contribution in [0.5, 0.6) is 0 Å². The minimum absolute atomic E-state index is 0.0930. The third-order valence-electron chi connectivity index (χ3n) is 3.26. The van der Waals surface area contributed by atoms with Gasteiger partial charge in [-0.15, -0.1) is 5.10 Å². The van der Waals surface area contributed by atoms with E-state index in [0.717, 1.165) is 19.4 Å². The average molecular weight is 287 g/mol. The highest BCUT2D eigenvalue weighted by atomic mass is 16.2. The van der Waals surface area contributed by atoms with Gasteiger partial charge in [-0.05, 0) is 24.8 Å². The first kappa shape index (κ1) is 15.2. The van der Waals surface area contributed by atoms with Crippen molar-refractivity contribution < 1.29 is 4.79 Å². The summed E-state index contributed by atoms with van der Waals surface area (Å²) in [6.45, 7) is 1.33. The smallest absolute Gasteiger partial charge is 0.236 e. The van der Waals surface area contributed by atoms with Crippen molar-refractivity contribution in [3.63, 3.8) is 0 Å². The summed E-state index contributed by atoms with van der Waals surface area (Å²) in [4.78, 5) is 11.9. The van der Waals surface area contributed by atoms with Gasteiger partial charge in [0.2, 0.25) is 5.91 Å². The van der Waals surface area contributed by atoms with E-state index in [9.17, 15) is 4.79 Å². The monoisotopic (exact) mass is 287 g/mol. The number of nitrogens with zero attached hydrogens (tertiary/aromatic N) is 3. The lowest BCUT2D eigenvalue weighted by atomic mass is 10.1. The molecule has 6 nitrogen and oxygen atoms in total. The average Bonchev–Trinajstić information content (AvgIpc) is 3.03. The van der Waals surface area contributed by atoms with Crippen LogP contribution in [0.2, 0.25) is 0 Å². The number of hydrogen-bond acceptors (Lipinski definition) is 4. The van der Waals surface area contributed by atoms with Crippen molar-refractivity contribution in [3.8, 4) is 0 Å². The molecule has 0 aliphatic carbocycles. The summed E-state index contributed by atoms with van der Waals surface area (Å²) in [6.07, 6.45) is 5.71. The first-order valence-corrected chi connectivity index (χ1v) is 7.17. The zero-order chi connectivity index (χ0) is 14.9. The van der Waals surface area contributed by atoms with Crippen molar-refractivity contribution in [1.82, 2.24) is 20.3 Å². The van der Waals surface area contributed by atoms with Gasteiger partial charge in [0.25, 0.3) is 0 Å². The summed E-state index contributed by atoms with van der Waals surface area (Å²) in [7, 11) is 0. The van der Waals surface area contributed by atoms with Crippen molar-refractivity contribution in [2.45, 2.75) is 31.8 Å². The molecule has 2 aromatic rings. The van der Waals surface area contributed by atoms with Crippen LogP contribution in [0.1, 0.15) is 18.4 Å². The van der Waals surface area contributed by atoms with Gasteiger partial charge in [-0.2, -0.15) is 0 Å². The van der Waals surface area contributed by atoms with Crippen LogP contribution in [0.15, 0.2) is 42.7 Å². The predicted molar refractivity (Wildman–Crippen MR) is 80.4 cm³/mol. The van der Waals surface area contributed by atoms with Crippen molar-refractivity contribution in [3.05, 3.63) is 48.3 Å². The number of nitrogens with two attached hydrogens (primary N) is 1. The number of amides is 1. The molecule has 0 aliphatic heterocycles. The first-order valence-electron chi connectivity index (χ1n) is 7.17. The van der Waals surface area contributed by atoms with Crippen molar-refractivity contribution in [1.29, 1.82) is 0 Å². The van der Waals surface area contributed by atoms with Crippen LogP contribution in [-0.2, 0) is 17.8 Å². The lowest BCUT2D eigenvalue weighted by molar-refractivity contribution is -0.122. The summed E-state index contributed by atoms with van der Waals surface area (Å²) in [5.74, 6) is -0.0930. The number of rotatable bonds is 8. The molecule has 1 amide bonds. The van der Waals surface area contributed by atoms with Crippen molar-refractivity contribution in [2.75, 3.05) is 6.54 Å². The molecule has 1 aromatic heterocycles. The molecule has 21 heavy (non-hydrogen) atoms. The summed E-state index contributed by atoms with van der Waals surface area (Å²) >= 11 is 0. The van der Waals surface area contributed by atoms with Gasteiger partial charge in [-0.25, -0.2) is 0 Å². The van der Waals surface area contributed by atoms with Gasteiger partial charge in [0.15, 0.2) is 0 Å². The molecule has 0 bridgehead atoms. The molecule has 0 radical (unpaired) electrons. The Morgan fingerprint density at radius 3 is 2.86 bits per heavy atom. The minimum atomic E-state index is -0.462. The third kappa shape index (κ3) is 5.35. The Morgan fingerprint density at radius 1 is 1.33 bits per heavy atom. The van der Waals surface area contributed by atoms with Crippen molar-refractivity contribution in [2.24, 2.45) is 5.73 Å². The molecule has 0 spiro atoms. The van der Waals surface area contributed by atoms with E-state index in [1.807, 2.05) is 30.3 Å². The highest BCUT2D eigenvalue weighted by Gasteiger charge is 2.12. The Kier molecular flexibility index (Phi) is 5.90. The molecule has 112 valence electrons. The van der Waals surface area contributed by atoms with Gasteiger partial charge in [0, 0.05) is 19.3 Å². The van der Waals surface area contributed by atoms with E-state index in [4.69, 9.17) is 5.73 Å². The Morgan fingerprint density at radius 2 is 2.14 bits per heavy atom. The van der Waals surface area contributed by atoms with Gasteiger partial charge in [-0.1, -0.05) is 35.5 Å². The lowest BCUT2D eigenvalue weighted by Crippen LogP contribution is -2.41. The highest BCUT2D eigenvalue weighted by Crippen LogP contribution is 2.04. The second-order valence-corrected chi connectivity index (χ2v) is 4.94. The van der Waals surface area contributed by atoms with E-state index in [1.54, 1.807) is 17.1 Å². The van der Waals surface area contributed by atoms with Gasteiger partial charge >= 0.3 is 0 Å². The van der Waals surface area contributed by atoms with E-state index < -0.39 is 6.04 Å². The SMILES string of the molecule is NC(CCc1ccccc1)C(=O)NCCCn1ccnn1. The molecular formula is C15H21N5O. The van der Waals surface area contributed by atoms with Gasteiger partial charge in [-0.3, -0.25) is 9.48 Å². The fourth-order valence-corrected chi connectivity index (χ4v) is 2.03. The van der Waals surface area contributed by atoms with Gasteiger partial charge < -0.3 is 11.1 Å². The Hall–Kier alpha value is -2.21. The van der Waals surface area contributed by atoms with Crippen LogP contribution in [0.4, 0.5) is 0 Å². The predicted octanol–water partition coefficient (Wildman–Crippen LogP) is 0.744. The van der Waals surface area contributed by atoms with Crippen LogP contribution in [0.25, 0.3) is 0 Å². The molecule has 0 saturated carbocycles. The first-order chi connectivity index (χ1) is 10.3. The molecule has 6 heteroatoms. The van der Waals surface area contributed by atoms with E-state index >= 15 is 0 Å². The molecule has 0 aliphatic rings. The zero-order valence-electron chi connectivity index (χ0n) is 12.0. The Bertz CT molecular complexity index is 526. The Balaban J connectivity index is 1.61. The van der Waals surface area contributed by atoms with Gasteiger partial charge in [0.05, 0.1) is 12.2 Å². The summed E-state index contributed by atoms with van der Waals surface area (Å²) < 4.78 is 1.74. The third-order valence-corrected chi connectivity index (χ3v) is 3.26. The van der Waals surface area contributed by atoms with E-state index in [1.165, 1.54) is 5.56 Å². The maximum atomic E-state index is 11.9. The molecule has 0 fully saturated rings. The Labute approximate surface area is 124 Å². The normalized spacial score (nSPS) is 12.0. The lowest BCUT2D eigenvalue weighted by Gasteiger charge is -2.12. The van der Waals surface area contributed by atoms with Crippen molar-refractivity contribution >= 4 is 5.91 Å². The standard InChI is InChI=1S/C15H21N5O/c16-14(8-7-13-5-2-1-3-6-13)15(21)17-9-4-11-20-12-10-18-19-20/h1-3,5-6,10,12,14H,4,7-9,11,16H2,(H,17,21). The topological polar surface area (TPSA) is 85.8 Å². The highest BCUT2D eigenvalue weighted by molar-refractivity contribution is 5.81. The molecule has 2 rings (SSSR count). The quantitative estimate of drug-likeness (QED) is 0.701. The molecule has 0 saturated heterocycles. The maximum absolute atomic E-state index is 11.9. The van der Waals surface area contributed by atoms with Crippen LogP contribution in [-0.4, -0.2) is 33.5 Å². The van der Waals surface area contributed by atoms with E-state index in [2.05, 4.69) is 15.6 Å². The van der Waals surface area contributed by atoms with Crippen LogP contribution < -0.4 is 11.1 Å². The zero-order valence-corrected chi connectivity index (χ0v) is 12.0. The number of aryl methyl sites for hydroxylation is 2. The number of hydrogen-bond donors (Lipinski definition) is 2. The minimum Gasteiger partial charge on any atom is -0.355 e. The number of carbonyl (C=O) groups is 1. The number of aromatic nitrogens is 3. The van der Waals surface area contributed by atoms with Crippen LogP contribution in [0, 0.1) is 0 Å². The molecule has 3 N–H and O–H groups in total. The maximum Gasteiger partial charge on any atom is 0.236 e. The van der Waals surface area contributed by atoms with Crippen LogP contribution in [0.3, 0.4) is 0 Å².